The second-order valence-corrected chi connectivity index (χ2v) is 0.548. The third kappa shape index (κ3) is 35200. The molecule has 0 rings (SSSR count). The largest absolute Gasteiger partial charge is 2.00 e. The molecule has 1 radical (unpaired) electrons. The van der Waals surface area contributed by atoms with E-state index in [0.717, 1.165) is 0 Å². The van der Waals surface area contributed by atoms with Crippen LogP contribution in [0.25, 0.3) is 10.8 Å². The molecule has 0 aromatic rings. The van der Waals surface area contributed by atoms with Crippen molar-refractivity contribution in [1.29, 1.82) is 0 Å². The van der Waals surface area contributed by atoms with Gasteiger partial charge in [0.2, 0.25) is 0 Å². The van der Waals surface area contributed by atoms with E-state index >= 15 is 0 Å². The zero-order chi connectivity index (χ0) is 5.41. The van der Waals surface area contributed by atoms with E-state index in [1.165, 1.54) is 10.3 Å². The molecular weight excluding hydrogens is 189 g/mol. The fourth-order valence-electron chi connectivity index (χ4n) is 0. The summed E-state index contributed by atoms with van der Waals surface area (Å²) in [5.41, 5.74) is 0. The summed E-state index contributed by atoms with van der Waals surface area (Å²) in [7, 11) is 0. The number of hydrogen-bond donors (Lipinski definition) is 1. The van der Waals surface area contributed by atoms with Crippen molar-refractivity contribution in [2.75, 3.05) is 0 Å². The van der Waals surface area contributed by atoms with Gasteiger partial charge in [-0.3, -0.25) is 0 Å². The molecule has 0 aromatic heterocycles. The molecule has 6 heteroatoms. The zero-order valence-electron chi connectivity index (χ0n) is 3.75. The molecule has 0 heterocycles. The molecule has 0 amide bonds. The van der Waals surface area contributed by atoms with Crippen molar-refractivity contribution >= 4 is 34.8 Å². The van der Waals surface area contributed by atoms with Gasteiger partial charge in [0.25, 0.3) is 0 Å². The second-order valence-electron chi connectivity index (χ2n) is 0.183. The molecule has 0 bridgehead atoms. The number of nitrogens with zero attached hydrogens (tertiary/aromatic N) is 2. The van der Waals surface area contributed by atoms with Gasteiger partial charge in [0.1, 0.15) is 0 Å². The molecule has 47 valence electrons. The van der Waals surface area contributed by atoms with Crippen LogP contribution in [-0.4, -0.2) is 10.3 Å². The van der Waals surface area contributed by atoms with Crippen molar-refractivity contribution in [3.8, 4) is 0 Å². The van der Waals surface area contributed by atoms with Crippen LogP contribution >= 0.6 is 24.4 Å². The summed E-state index contributed by atoms with van der Waals surface area (Å²) in [5, 5.41) is 16.9. The van der Waals surface area contributed by atoms with Gasteiger partial charge in [0.05, 0.1) is 0 Å². The van der Waals surface area contributed by atoms with Crippen LogP contribution in [0.4, 0.5) is 0 Å². The zero-order valence-corrected chi connectivity index (χ0v) is 6.43. The summed E-state index contributed by atoms with van der Waals surface area (Å²) >= 11 is 7.40. The van der Waals surface area contributed by atoms with Crippen molar-refractivity contribution in [2.24, 2.45) is 0 Å². The fraction of sp³-hybridized carbons (Fsp3) is 0. The number of rotatable bonds is 0. The molecule has 0 aliphatic rings. The van der Waals surface area contributed by atoms with Crippen LogP contribution in [0.1, 0.15) is 0 Å². The van der Waals surface area contributed by atoms with Crippen LogP contribution in [-0.2, 0) is 16.8 Å². The van der Waals surface area contributed by atoms with Crippen molar-refractivity contribution in [2.45, 2.75) is 0 Å². The Bertz CT molecular complexity index is 69.3. The SMILES string of the molecule is N.[Co+2].[N-]=C=S.[N-]=C=S. The maximum Gasteiger partial charge on any atom is 2.00 e. The van der Waals surface area contributed by atoms with Crippen LogP contribution in [0.15, 0.2) is 0 Å². The van der Waals surface area contributed by atoms with Crippen molar-refractivity contribution < 1.29 is 16.8 Å². The first kappa shape index (κ1) is 24.4. The maximum absolute atomic E-state index is 7.13. The van der Waals surface area contributed by atoms with Crippen LogP contribution in [0.2, 0.25) is 0 Å². The standard InChI is InChI=1S/2CNS.Co.H3N/c2*2-1-3;;/h;;;1H3/q2*-1;+2;. The average molecular weight is 192 g/mol. The summed E-state index contributed by atoms with van der Waals surface area (Å²) < 4.78 is 0. The molecule has 0 aromatic carbocycles. The molecule has 0 unspecified atom stereocenters. The molecule has 0 aliphatic heterocycles. The Kier molecular flexibility index (Phi) is 185. The summed E-state index contributed by atoms with van der Waals surface area (Å²) in [4.78, 5) is 0. The first-order valence-electron chi connectivity index (χ1n) is 0.855. The van der Waals surface area contributed by atoms with Gasteiger partial charge in [-0.2, -0.15) is 10.3 Å². The molecule has 0 spiro atoms. The molecule has 8 heavy (non-hydrogen) atoms. The van der Waals surface area contributed by atoms with E-state index in [4.69, 9.17) is 10.8 Å². The van der Waals surface area contributed by atoms with Crippen molar-refractivity contribution in [3.63, 3.8) is 0 Å². The van der Waals surface area contributed by atoms with Gasteiger partial charge < -0.3 is 17.0 Å². The van der Waals surface area contributed by atoms with Gasteiger partial charge in [0, 0.05) is 0 Å². The first-order chi connectivity index (χ1) is 2.83. The Morgan fingerprint density at radius 2 is 1.00 bits per heavy atom. The Morgan fingerprint density at radius 3 is 1.00 bits per heavy atom. The van der Waals surface area contributed by atoms with E-state index in [0.29, 0.717) is 0 Å². The molecule has 0 saturated carbocycles. The topological polar surface area (TPSA) is 79.6 Å². The average Bonchev–Trinajstić information content (AvgIpc) is 1.39. The first-order valence-corrected chi connectivity index (χ1v) is 1.67. The predicted molar refractivity (Wildman–Crippen MR) is 36.9 cm³/mol. The van der Waals surface area contributed by atoms with Gasteiger partial charge in [-0.25, -0.2) is 0 Å². The van der Waals surface area contributed by atoms with Crippen molar-refractivity contribution in [1.82, 2.24) is 6.15 Å². The van der Waals surface area contributed by atoms with E-state index in [2.05, 4.69) is 24.4 Å². The van der Waals surface area contributed by atoms with E-state index in [-0.39, 0.29) is 22.9 Å². The van der Waals surface area contributed by atoms with Crippen LogP contribution in [0.5, 0.6) is 0 Å². The predicted octanol–water partition coefficient (Wildman–Crippen LogP) is 1.48. The summed E-state index contributed by atoms with van der Waals surface area (Å²) in [5.74, 6) is 0. The molecule has 0 aliphatic carbocycles. The quantitative estimate of drug-likeness (QED) is 0.466. The molecule has 0 saturated heterocycles. The van der Waals surface area contributed by atoms with Gasteiger partial charge in [-0.05, 0) is 0 Å². The minimum atomic E-state index is 0. The smallest absolute Gasteiger partial charge is 0.753 e. The Balaban J connectivity index is -0.0000000160. The molecule has 0 atom stereocenters. The summed E-state index contributed by atoms with van der Waals surface area (Å²) in [6, 6.07) is 0. The third-order valence-corrected chi connectivity index (χ3v) is 0. The van der Waals surface area contributed by atoms with Crippen LogP contribution in [0, 0.1) is 0 Å². The summed E-state index contributed by atoms with van der Waals surface area (Å²) in [6.07, 6.45) is 0. The van der Waals surface area contributed by atoms with Gasteiger partial charge in [0.15, 0.2) is 0 Å². The van der Waals surface area contributed by atoms with Gasteiger partial charge >= 0.3 is 16.8 Å². The van der Waals surface area contributed by atoms with Crippen LogP contribution in [0.3, 0.4) is 0 Å². The normalized spacial score (nSPS) is 2.00. The Morgan fingerprint density at radius 1 is 1.00 bits per heavy atom. The molecule has 3 N–H and O–H groups in total. The molecule has 0 fully saturated rings. The monoisotopic (exact) mass is 192 g/mol. The fourth-order valence-corrected chi connectivity index (χ4v) is 0. The summed E-state index contributed by atoms with van der Waals surface area (Å²) in [6.45, 7) is 0. The minimum Gasteiger partial charge on any atom is -0.753 e. The number of isothiocyanates is 2. The minimum absolute atomic E-state index is 0. The number of hydrogen-bond acceptors (Lipinski definition) is 3. The van der Waals surface area contributed by atoms with Crippen molar-refractivity contribution in [3.05, 3.63) is 10.8 Å². The number of thiocarbonyl (C=S) groups is 2. The maximum atomic E-state index is 7.13. The van der Waals surface area contributed by atoms with Crippen LogP contribution < -0.4 is 6.15 Å². The van der Waals surface area contributed by atoms with Gasteiger partial charge in [-0.1, -0.05) is 24.4 Å². The van der Waals surface area contributed by atoms with E-state index in [9.17, 15) is 0 Å². The Labute approximate surface area is 68.7 Å². The van der Waals surface area contributed by atoms with E-state index in [1.54, 1.807) is 0 Å². The molecule has 3 nitrogen and oxygen atoms in total. The Hall–Kier alpha value is 0.0665. The second kappa shape index (κ2) is 60.9. The molecular formula is C2H3CoN3S2. The van der Waals surface area contributed by atoms with Gasteiger partial charge in [-0.15, -0.1) is 0 Å². The van der Waals surface area contributed by atoms with E-state index < -0.39 is 0 Å². The van der Waals surface area contributed by atoms with E-state index in [1.807, 2.05) is 0 Å². The third-order valence-electron chi connectivity index (χ3n) is 0.